The van der Waals surface area contributed by atoms with E-state index in [1.54, 1.807) is 0 Å². The van der Waals surface area contributed by atoms with Gasteiger partial charge in [0.2, 0.25) is 0 Å². The maximum absolute atomic E-state index is 8.39. The molecule has 0 radical (unpaired) electrons. The van der Waals surface area contributed by atoms with E-state index in [0.717, 1.165) is 87.6 Å². The Morgan fingerprint density at radius 1 is 0.227 bits per heavy atom. The van der Waals surface area contributed by atoms with Crippen molar-refractivity contribution in [2.45, 2.75) is 0 Å². The molecule has 420 valence electrons. The monoisotopic (exact) mass is 1250 g/mol. The minimum Gasteiger partial charge on any atom is -0.324 e. The van der Waals surface area contributed by atoms with Gasteiger partial charge in [0, 0.05) is 87.6 Å². The first kappa shape index (κ1) is 57.0. The summed E-state index contributed by atoms with van der Waals surface area (Å²) in [5, 5.41) is 7.64. The molecule has 0 saturated carbocycles. The molecule has 0 unspecified atom stereocenters. The van der Waals surface area contributed by atoms with E-state index in [0.29, 0.717) is 91.8 Å². The Morgan fingerprint density at radius 2 is 0.341 bits per heavy atom. The summed E-state index contributed by atoms with van der Waals surface area (Å²) in [4.78, 5) is 90.3. The predicted molar refractivity (Wildman–Crippen MR) is 351 cm³/mol. The van der Waals surface area contributed by atoms with E-state index in [4.69, 9.17) is 77.5 Å². The van der Waals surface area contributed by atoms with Crippen molar-refractivity contribution in [1.82, 2.24) is 79.7 Å². The number of aromatic nitrogens is 16. The Hall–Kier alpha value is -10.1. The summed E-state index contributed by atoms with van der Waals surface area (Å²) in [7, 11) is 0.111. The van der Waals surface area contributed by atoms with E-state index >= 15 is 0 Å². The Kier molecular flexibility index (Phi) is 16.0. The summed E-state index contributed by atoms with van der Waals surface area (Å²) in [5.41, 5.74) is 12.9. The molecule has 10 heterocycles. The van der Waals surface area contributed by atoms with Crippen LogP contribution in [0, 0.1) is 0 Å². The van der Waals surface area contributed by atoms with E-state index < -0.39 is 0 Å². The number of nitrogens with one attached hydrogen (secondary N) is 4. The fourth-order valence-corrected chi connectivity index (χ4v) is 11.2. The number of H-pyrrole nitrogens is 4. The van der Waals surface area contributed by atoms with Crippen LogP contribution >= 0.6 is 0 Å². The molecule has 20 nitrogen and oxygen atoms in total. The van der Waals surface area contributed by atoms with Gasteiger partial charge in [-0.2, -0.15) is 0 Å². The summed E-state index contributed by atoms with van der Waals surface area (Å²) in [6, 6.07) is 64.5. The maximum atomic E-state index is 8.39. The van der Waals surface area contributed by atoms with Gasteiger partial charge in [-0.15, -0.1) is 0 Å². The van der Waals surface area contributed by atoms with Crippen LogP contribution in [0.4, 0.5) is 0 Å². The minimum absolute atomic E-state index is 0.0556. The standard InChI is InChI=1S/2C32H18N8.Al.Ga.2H3OSi.2H2O.2H/c2*1-2-10-18-17(9-1)25-33-26(18)38-28-21-13-5-6-14-22(21)30(35-28)40-32-24-16-8-7-15-23(24)31(36-32)39-29-20-12-4-3-11-19(20)27(34-29)37-25;;;2*1-2;;;;/h2*1-16H,(H2,33,34,35,36,37,38,39,40);;;2*2H3;2*1H2;;/q;;+3;+1;2*-1;;;;/p-2. The van der Waals surface area contributed by atoms with Crippen LogP contribution in [0.5, 0.6) is 0 Å². The van der Waals surface area contributed by atoms with Crippen LogP contribution in [0.15, 0.2) is 194 Å². The first-order chi connectivity index (χ1) is 43.6. The third-order valence-electron chi connectivity index (χ3n) is 14.9. The maximum Gasteiger partial charge on any atom is 0.164 e. The van der Waals surface area contributed by atoms with Crippen molar-refractivity contribution in [2.75, 3.05) is 0 Å². The molecule has 14 aromatic rings. The van der Waals surface area contributed by atoms with E-state index in [9.17, 15) is 0 Å². The molecule has 16 bridgehead atoms. The summed E-state index contributed by atoms with van der Waals surface area (Å²) in [6.07, 6.45) is 0. The smallest absolute Gasteiger partial charge is 0.164 e. The molecule has 6 N–H and O–H groups in total. The van der Waals surface area contributed by atoms with E-state index in [2.05, 4.69) is 19.9 Å². The van der Waals surface area contributed by atoms with Crippen molar-refractivity contribution in [3.8, 4) is 91.1 Å². The average molecular weight is 1260 g/mol. The Bertz CT molecular complexity index is 4440. The molecule has 6 aromatic heterocycles. The van der Waals surface area contributed by atoms with Crippen molar-refractivity contribution in [1.29, 1.82) is 0 Å². The topological polar surface area (TPSA) is 304 Å². The number of hydrogen-bond acceptors (Lipinski definition) is 16. The quantitative estimate of drug-likeness (QED) is 0.0874. The molecule has 8 aromatic carbocycles. The second-order valence-electron chi connectivity index (χ2n) is 19.6. The summed E-state index contributed by atoms with van der Waals surface area (Å²) in [6.45, 7) is 0. The van der Waals surface area contributed by atoms with E-state index in [-0.39, 0.29) is 39.9 Å². The Morgan fingerprint density at radius 3 is 0.466 bits per heavy atom. The largest absolute Gasteiger partial charge is 0.324 e. The summed E-state index contributed by atoms with van der Waals surface area (Å²) in [5.74, 6) is 4.78. The Balaban J connectivity index is 0.000000146. The number of benzene rings is 8. The van der Waals surface area contributed by atoms with Gasteiger partial charge in [-0.3, -0.25) is 0 Å². The minimum atomic E-state index is 0.0556. The first-order valence-corrected chi connectivity index (χ1v) is 31.5. The summed E-state index contributed by atoms with van der Waals surface area (Å²) >= 11 is 1.48. The van der Waals surface area contributed by atoms with Crippen molar-refractivity contribution in [2.24, 2.45) is 0 Å². The Labute approximate surface area is 524 Å². The SMILES string of the molecule is [O-][SiH3].[O-][SiH3].[OH][Al+2].[OH][GaH2].c1ccc2c(c1)-c1nc-2nc2[nH]c(nc3nc(nc4[nH]c(n1)c1ccccc41)-c1ccccc1-3)c1ccccc21.c1ccc2c(c1)-c1nc-2nc2[nH]c(nc3nc(nc4[nH]c(n1)c1ccccc41)-c1ccccc1-3)c1ccccc21. The van der Waals surface area contributed by atoms with Gasteiger partial charge in [-0.25, -0.2) is 59.8 Å². The molecule has 24 heteroatoms. The zero-order valence-corrected chi connectivity index (χ0v) is 56.5. The molecule has 0 aliphatic carbocycles. The van der Waals surface area contributed by atoms with Crippen LogP contribution < -0.4 is 9.59 Å². The van der Waals surface area contributed by atoms with Crippen LogP contribution in [-0.2, 0) is 0 Å². The molecule has 0 fully saturated rings. The van der Waals surface area contributed by atoms with Crippen molar-refractivity contribution < 1.29 is 17.6 Å². The zero-order chi connectivity index (χ0) is 60.4. The molecule has 18 rings (SSSR count). The number of nitrogens with zero attached hydrogens (tertiary/aromatic N) is 12. The predicted octanol–water partition coefficient (Wildman–Crippen LogP) is 6.58. The van der Waals surface area contributed by atoms with Crippen molar-refractivity contribution >= 4 is 145 Å². The fourth-order valence-electron chi connectivity index (χ4n) is 11.2. The number of fused-ring (bicyclic) bond motifs is 40. The van der Waals surface area contributed by atoms with Gasteiger partial charge in [0.25, 0.3) is 0 Å². The molecular weight excluding hydrogens is 1210 g/mol. The fraction of sp³-hybridized carbons (Fsp3) is 0. The van der Waals surface area contributed by atoms with Gasteiger partial charge >= 0.3 is 43.6 Å². The molecule has 4 aliphatic rings. The molecule has 0 spiro atoms. The van der Waals surface area contributed by atoms with Crippen LogP contribution in [-0.4, -0.2) is 144 Å². The van der Waals surface area contributed by atoms with Gasteiger partial charge in [0.1, 0.15) is 45.2 Å². The van der Waals surface area contributed by atoms with Gasteiger partial charge < -0.3 is 29.5 Å². The van der Waals surface area contributed by atoms with Crippen molar-refractivity contribution in [3.63, 3.8) is 0 Å². The van der Waals surface area contributed by atoms with Crippen LogP contribution in [0.1, 0.15) is 0 Å². The van der Waals surface area contributed by atoms with Crippen LogP contribution in [0.3, 0.4) is 0 Å². The molecular formula is C64H46AlGaN16O4Si2. The summed E-state index contributed by atoms with van der Waals surface area (Å²) < 4.78 is 14.1. The zero-order valence-electron chi connectivity index (χ0n) is 47.1. The second kappa shape index (κ2) is 24.7. The normalized spacial score (nSPS) is 11.2. The molecule has 88 heavy (non-hydrogen) atoms. The average Bonchev–Trinajstić information content (AvgIpc) is 2.12. The number of aromatic amines is 4. The third kappa shape index (κ3) is 10.1. The van der Waals surface area contributed by atoms with Gasteiger partial charge in [-0.05, 0) is 0 Å². The third-order valence-corrected chi connectivity index (χ3v) is 14.9. The molecule has 0 saturated heterocycles. The van der Waals surface area contributed by atoms with Crippen molar-refractivity contribution in [3.05, 3.63) is 194 Å². The van der Waals surface area contributed by atoms with Gasteiger partial charge in [-0.1, -0.05) is 215 Å². The number of hydrogen-bond donors (Lipinski definition) is 6. The van der Waals surface area contributed by atoms with E-state index in [1.165, 1.54) is 16.6 Å². The van der Waals surface area contributed by atoms with Crippen LogP contribution in [0.25, 0.3) is 179 Å². The van der Waals surface area contributed by atoms with E-state index in [1.807, 2.05) is 194 Å². The second-order valence-corrected chi connectivity index (χ2v) is 19.6. The molecule has 4 aliphatic heterocycles. The van der Waals surface area contributed by atoms with Gasteiger partial charge in [0.05, 0.1) is 0 Å². The molecule has 0 atom stereocenters. The first-order valence-electron chi connectivity index (χ1n) is 27.5. The molecule has 0 amide bonds. The van der Waals surface area contributed by atoms with Gasteiger partial charge in [0.15, 0.2) is 46.6 Å². The number of rotatable bonds is 0. The van der Waals surface area contributed by atoms with Crippen LogP contribution in [0.2, 0.25) is 0 Å².